The number of rotatable bonds is 2. The maximum Gasteiger partial charge on any atom is 0.0638 e. The van der Waals surface area contributed by atoms with Gasteiger partial charge in [-0.15, -0.1) is 0 Å². The van der Waals surface area contributed by atoms with Gasteiger partial charge in [-0.05, 0) is 38.4 Å². The average molecular weight is 243 g/mol. The van der Waals surface area contributed by atoms with Crippen LogP contribution >= 0.6 is 0 Å². The summed E-state index contributed by atoms with van der Waals surface area (Å²) in [7, 11) is 0. The molecule has 0 aliphatic carbocycles. The van der Waals surface area contributed by atoms with Crippen LogP contribution in [0.15, 0.2) is 24.3 Å². The van der Waals surface area contributed by atoms with Crippen LogP contribution in [0.2, 0.25) is 0 Å². The van der Waals surface area contributed by atoms with Crippen LogP contribution in [-0.2, 0) is 0 Å². The van der Waals surface area contributed by atoms with Crippen molar-refractivity contribution in [2.75, 3.05) is 18.0 Å². The Hall–Kier alpha value is -1.53. The van der Waals surface area contributed by atoms with Gasteiger partial charge in [0, 0.05) is 24.3 Å². The van der Waals surface area contributed by atoms with Gasteiger partial charge in [0.2, 0.25) is 0 Å². The van der Waals surface area contributed by atoms with E-state index in [9.17, 15) is 0 Å². The highest BCUT2D eigenvalue weighted by atomic mass is 15.2. The second-order valence-corrected chi connectivity index (χ2v) is 5.09. The van der Waals surface area contributed by atoms with Gasteiger partial charge in [0.25, 0.3) is 0 Å². The topological polar surface area (TPSA) is 39.1 Å². The van der Waals surface area contributed by atoms with E-state index in [4.69, 9.17) is 5.26 Å². The van der Waals surface area contributed by atoms with Gasteiger partial charge in [-0.2, -0.15) is 5.26 Å². The SMILES string of the molecule is Cc1ccccc1N1CC(CC#N)NCCC1C. The third-order valence-electron chi connectivity index (χ3n) is 3.71. The number of aryl methyl sites for hydroxylation is 1. The normalized spacial score (nSPS) is 24.4. The lowest BCUT2D eigenvalue weighted by Gasteiger charge is -2.32. The molecule has 0 amide bonds. The quantitative estimate of drug-likeness (QED) is 0.867. The summed E-state index contributed by atoms with van der Waals surface area (Å²) in [6.45, 7) is 6.33. The molecule has 2 rings (SSSR count). The number of para-hydroxylation sites is 1. The zero-order valence-electron chi connectivity index (χ0n) is 11.2. The number of nitrogens with zero attached hydrogens (tertiary/aromatic N) is 2. The van der Waals surface area contributed by atoms with Crippen LogP contribution in [0.25, 0.3) is 0 Å². The van der Waals surface area contributed by atoms with Crippen LogP contribution in [0.5, 0.6) is 0 Å². The van der Waals surface area contributed by atoms with Gasteiger partial charge in [-0.3, -0.25) is 0 Å². The highest BCUT2D eigenvalue weighted by molar-refractivity contribution is 5.54. The molecule has 0 spiro atoms. The summed E-state index contributed by atoms with van der Waals surface area (Å²) in [5.74, 6) is 0. The molecule has 2 atom stereocenters. The molecule has 1 aromatic carbocycles. The Morgan fingerprint density at radius 2 is 2.22 bits per heavy atom. The van der Waals surface area contributed by atoms with Crippen molar-refractivity contribution in [3.63, 3.8) is 0 Å². The van der Waals surface area contributed by atoms with Gasteiger partial charge in [-0.25, -0.2) is 0 Å². The van der Waals surface area contributed by atoms with Crippen molar-refractivity contribution in [1.82, 2.24) is 5.32 Å². The summed E-state index contributed by atoms with van der Waals surface area (Å²) < 4.78 is 0. The first-order valence-corrected chi connectivity index (χ1v) is 6.65. The predicted octanol–water partition coefficient (Wildman–Crippen LogP) is 2.47. The Morgan fingerprint density at radius 1 is 1.44 bits per heavy atom. The van der Waals surface area contributed by atoms with Gasteiger partial charge in [0.05, 0.1) is 12.5 Å². The van der Waals surface area contributed by atoms with Crippen LogP contribution in [0.3, 0.4) is 0 Å². The van der Waals surface area contributed by atoms with Crippen LogP contribution < -0.4 is 10.2 Å². The molecule has 0 aromatic heterocycles. The molecule has 18 heavy (non-hydrogen) atoms. The van der Waals surface area contributed by atoms with Gasteiger partial charge < -0.3 is 10.2 Å². The van der Waals surface area contributed by atoms with Gasteiger partial charge >= 0.3 is 0 Å². The first-order chi connectivity index (χ1) is 8.72. The van der Waals surface area contributed by atoms with Crippen LogP contribution in [0.1, 0.15) is 25.3 Å². The van der Waals surface area contributed by atoms with Gasteiger partial charge in [0.1, 0.15) is 0 Å². The fourth-order valence-electron chi connectivity index (χ4n) is 2.60. The predicted molar refractivity (Wildman–Crippen MR) is 74.6 cm³/mol. The van der Waals surface area contributed by atoms with Crippen molar-refractivity contribution >= 4 is 5.69 Å². The van der Waals surface area contributed by atoms with Crippen molar-refractivity contribution in [3.05, 3.63) is 29.8 Å². The third-order valence-corrected chi connectivity index (χ3v) is 3.71. The minimum absolute atomic E-state index is 0.277. The van der Waals surface area contributed by atoms with Crippen molar-refractivity contribution in [2.24, 2.45) is 0 Å². The van der Waals surface area contributed by atoms with Crippen molar-refractivity contribution < 1.29 is 0 Å². The van der Waals surface area contributed by atoms with E-state index < -0.39 is 0 Å². The molecule has 1 aliphatic rings. The monoisotopic (exact) mass is 243 g/mol. The Labute approximate surface area is 109 Å². The van der Waals surface area contributed by atoms with E-state index in [0.717, 1.165) is 19.5 Å². The van der Waals surface area contributed by atoms with E-state index in [-0.39, 0.29) is 6.04 Å². The van der Waals surface area contributed by atoms with E-state index in [0.29, 0.717) is 12.5 Å². The minimum Gasteiger partial charge on any atom is -0.367 e. The largest absolute Gasteiger partial charge is 0.367 e. The molecule has 96 valence electrons. The summed E-state index contributed by atoms with van der Waals surface area (Å²) in [6.07, 6.45) is 1.70. The fraction of sp³-hybridized carbons (Fsp3) is 0.533. The van der Waals surface area contributed by atoms with Crippen molar-refractivity contribution in [3.8, 4) is 6.07 Å². The number of benzene rings is 1. The molecule has 2 unspecified atom stereocenters. The second kappa shape index (κ2) is 5.88. The Balaban J connectivity index is 2.23. The molecule has 1 saturated heterocycles. The maximum atomic E-state index is 8.88. The number of hydrogen-bond acceptors (Lipinski definition) is 3. The molecular formula is C15H21N3. The summed E-state index contributed by atoms with van der Waals surface area (Å²) in [6, 6.07) is 11.6. The molecule has 0 radical (unpaired) electrons. The molecular weight excluding hydrogens is 222 g/mol. The lowest BCUT2D eigenvalue weighted by atomic mass is 10.1. The van der Waals surface area contributed by atoms with E-state index in [2.05, 4.69) is 54.4 Å². The summed E-state index contributed by atoms with van der Waals surface area (Å²) in [5, 5.41) is 12.3. The number of nitriles is 1. The van der Waals surface area contributed by atoms with E-state index in [1.807, 2.05) is 0 Å². The molecule has 1 aromatic rings. The number of nitrogens with one attached hydrogen (secondary N) is 1. The molecule has 1 N–H and O–H groups in total. The average Bonchev–Trinajstić information content (AvgIpc) is 2.53. The maximum absolute atomic E-state index is 8.88. The molecule has 3 nitrogen and oxygen atoms in total. The van der Waals surface area contributed by atoms with Crippen molar-refractivity contribution in [2.45, 2.75) is 38.8 Å². The molecule has 0 bridgehead atoms. The highest BCUT2D eigenvalue weighted by Crippen LogP contribution is 2.24. The fourth-order valence-corrected chi connectivity index (χ4v) is 2.60. The first-order valence-electron chi connectivity index (χ1n) is 6.65. The first kappa shape index (κ1) is 12.9. The van der Waals surface area contributed by atoms with Crippen LogP contribution in [0.4, 0.5) is 5.69 Å². The molecule has 1 heterocycles. The molecule has 1 fully saturated rings. The summed E-state index contributed by atoms with van der Waals surface area (Å²) in [5.41, 5.74) is 2.61. The second-order valence-electron chi connectivity index (χ2n) is 5.09. The standard InChI is InChI=1S/C15H21N3/c1-12-5-3-4-6-15(12)18-11-14(7-9-16)17-10-8-13(18)2/h3-6,13-14,17H,7-8,10-11H2,1-2H3. The molecule has 3 heteroatoms. The number of hydrogen-bond donors (Lipinski definition) is 1. The van der Waals surface area contributed by atoms with E-state index in [1.165, 1.54) is 11.3 Å². The van der Waals surface area contributed by atoms with Gasteiger partial charge in [-0.1, -0.05) is 18.2 Å². The zero-order valence-corrected chi connectivity index (χ0v) is 11.2. The lowest BCUT2D eigenvalue weighted by Crippen LogP contribution is -2.40. The Morgan fingerprint density at radius 3 is 2.94 bits per heavy atom. The third kappa shape index (κ3) is 2.83. The number of anilines is 1. The van der Waals surface area contributed by atoms with E-state index in [1.54, 1.807) is 0 Å². The smallest absolute Gasteiger partial charge is 0.0638 e. The Bertz CT molecular complexity index is 436. The van der Waals surface area contributed by atoms with Crippen molar-refractivity contribution in [1.29, 1.82) is 5.26 Å². The van der Waals surface area contributed by atoms with E-state index >= 15 is 0 Å². The van der Waals surface area contributed by atoms with Gasteiger partial charge in [0.15, 0.2) is 0 Å². The highest BCUT2D eigenvalue weighted by Gasteiger charge is 2.23. The minimum atomic E-state index is 0.277. The van der Waals surface area contributed by atoms with Crippen LogP contribution in [-0.4, -0.2) is 25.2 Å². The molecule has 0 saturated carbocycles. The summed E-state index contributed by atoms with van der Waals surface area (Å²) in [4.78, 5) is 2.44. The lowest BCUT2D eigenvalue weighted by molar-refractivity contribution is 0.552. The summed E-state index contributed by atoms with van der Waals surface area (Å²) >= 11 is 0. The zero-order chi connectivity index (χ0) is 13.0. The molecule has 1 aliphatic heterocycles. The van der Waals surface area contributed by atoms with Crippen LogP contribution in [0, 0.1) is 18.3 Å². The Kier molecular flexibility index (Phi) is 4.22.